The Kier molecular flexibility index (Phi) is 7.54. The maximum absolute atomic E-state index is 5.29. The Morgan fingerprint density at radius 3 is 2.77 bits per heavy atom. The Balaban J connectivity index is 3.64. The predicted molar refractivity (Wildman–Crippen MR) is 59.1 cm³/mol. The molecular formula is C10H21N3. The van der Waals surface area contributed by atoms with Gasteiger partial charge in [-0.3, -0.25) is 4.99 Å². The minimum atomic E-state index is 0.514. The molecule has 0 amide bonds. The molecule has 0 saturated heterocycles. The Morgan fingerprint density at radius 1 is 1.54 bits per heavy atom. The summed E-state index contributed by atoms with van der Waals surface area (Å²) in [5, 5.41) is 0. The van der Waals surface area contributed by atoms with Gasteiger partial charge in [0, 0.05) is 25.0 Å². The van der Waals surface area contributed by atoms with Crippen LogP contribution in [0, 0.1) is 0 Å². The van der Waals surface area contributed by atoms with E-state index in [2.05, 4.69) is 29.9 Å². The third-order valence-electron chi connectivity index (χ3n) is 1.89. The summed E-state index contributed by atoms with van der Waals surface area (Å²) in [7, 11) is 2.12. The molecule has 0 spiro atoms. The summed E-state index contributed by atoms with van der Waals surface area (Å²) in [6.45, 7) is 6.85. The van der Waals surface area contributed by atoms with Crippen LogP contribution in [-0.2, 0) is 0 Å². The summed E-state index contributed by atoms with van der Waals surface area (Å²) in [5.74, 6) is 0. The van der Waals surface area contributed by atoms with Crippen LogP contribution in [0.4, 0.5) is 0 Å². The molecule has 2 N–H and O–H groups in total. The van der Waals surface area contributed by atoms with Gasteiger partial charge in [0.25, 0.3) is 0 Å². The lowest BCUT2D eigenvalue weighted by Gasteiger charge is -2.11. The van der Waals surface area contributed by atoms with Gasteiger partial charge in [-0.05, 0) is 26.9 Å². The zero-order valence-electron chi connectivity index (χ0n) is 8.95. The Labute approximate surface area is 81.3 Å². The SMILES string of the molecule is CCN(C)CC/C=C(\C)N=CCN. The number of allylic oxidation sites excluding steroid dienone is 1. The molecule has 0 aliphatic rings. The fourth-order valence-electron chi connectivity index (χ4n) is 0.901. The van der Waals surface area contributed by atoms with Crippen molar-refractivity contribution in [3.63, 3.8) is 0 Å². The molecule has 13 heavy (non-hydrogen) atoms. The van der Waals surface area contributed by atoms with Crippen molar-refractivity contribution in [3.05, 3.63) is 11.8 Å². The second-order valence-corrected chi connectivity index (χ2v) is 3.08. The minimum absolute atomic E-state index is 0.514. The normalized spacial score (nSPS) is 13.2. The number of nitrogens with two attached hydrogens (primary N) is 1. The molecule has 0 bridgehead atoms. The van der Waals surface area contributed by atoms with Crippen molar-refractivity contribution in [2.45, 2.75) is 20.3 Å². The lowest BCUT2D eigenvalue weighted by Crippen LogP contribution is -2.18. The molecular weight excluding hydrogens is 162 g/mol. The van der Waals surface area contributed by atoms with E-state index in [0.717, 1.165) is 25.2 Å². The molecule has 0 aromatic carbocycles. The molecule has 0 aliphatic carbocycles. The smallest absolute Gasteiger partial charge is 0.0329 e. The molecule has 0 aromatic heterocycles. The lowest BCUT2D eigenvalue weighted by atomic mass is 10.3. The summed E-state index contributed by atoms with van der Waals surface area (Å²) in [6.07, 6.45) is 4.92. The molecule has 0 fully saturated rings. The highest BCUT2D eigenvalue weighted by molar-refractivity contribution is 5.60. The third kappa shape index (κ3) is 7.68. The van der Waals surface area contributed by atoms with Crippen LogP contribution in [0.1, 0.15) is 20.3 Å². The first-order valence-electron chi connectivity index (χ1n) is 4.78. The molecule has 0 radical (unpaired) electrons. The largest absolute Gasteiger partial charge is 0.326 e. The fourth-order valence-corrected chi connectivity index (χ4v) is 0.901. The van der Waals surface area contributed by atoms with E-state index in [-0.39, 0.29) is 0 Å². The molecule has 0 heterocycles. The van der Waals surface area contributed by atoms with E-state index in [9.17, 15) is 0 Å². The molecule has 0 aromatic rings. The van der Waals surface area contributed by atoms with Crippen LogP contribution in [-0.4, -0.2) is 37.8 Å². The quantitative estimate of drug-likeness (QED) is 0.630. The van der Waals surface area contributed by atoms with Crippen molar-refractivity contribution in [1.82, 2.24) is 4.90 Å². The van der Waals surface area contributed by atoms with Crippen molar-refractivity contribution in [2.75, 3.05) is 26.7 Å². The van der Waals surface area contributed by atoms with Crippen molar-refractivity contribution in [3.8, 4) is 0 Å². The van der Waals surface area contributed by atoms with Gasteiger partial charge in [-0.15, -0.1) is 0 Å². The van der Waals surface area contributed by atoms with Gasteiger partial charge in [0.2, 0.25) is 0 Å². The second-order valence-electron chi connectivity index (χ2n) is 3.08. The van der Waals surface area contributed by atoms with Gasteiger partial charge in [-0.1, -0.05) is 13.0 Å². The zero-order chi connectivity index (χ0) is 10.1. The van der Waals surface area contributed by atoms with Gasteiger partial charge in [0.1, 0.15) is 0 Å². The van der Waals surface area contributed by atoms with Gasteiger partial charge >= 0.3 is 0 Å². The maximum Gasteiger partial charge on any atom is 0.0329 e. The van der Waals surface area contributed by atoms with Crippen LogP contribution in [0.2, 0.25) is 0 Å². The summed E-state index contributed by atoms with van der Waals surface area (Å²) >= 11 is 0. The first kappa shape index (κ1) is 12.3. The monoisotopic (exact) mass is 183 g/mol. The zero-order valence-corrected chi connectivity index (χ0v) is 8.95. The van der Waals surface area contributed by atoms with Gasteiger partial charge < -0.3 is 10.6 Å². The van der Waals surface area contributed by atoms with Crippen molar-refractivity contribution in [2.24, 2.45) is 10.7 Å². The van der Waals surface area contributed by atoms with Crippen LogP contribution in [0.5, 0.6) is 0 Å². The van der Waals surface area contributed by atoms with Gasteiger partial charge in [0.15, 0.2) is 0 Å². The van der Waals surface area contributed by atoms with E-state index in [1.807, 2.05) is 6.92 Å². The highest BCUT2D eigenvalue weighted by atomic mass is 15.1. The summed E-state index contributed by atoms with van der Waals surface area (Å²) in [4.78, 5) is 6.43. The number of hydrogen-bond donors (Lipinski definition) is 1. The van der Waals surface area contributed by atoms with E-state index in [1.54, 1.807) is 6.21 Å². The highest BCUT2D eigenvalue weighted by Gasteiger charge is 1.91. The lowest BCUT2D eigenvalue weighted by molar-refractivity contribution is 0.360. The number of hydrogen-bond acceptors (Lipinski definition) is 3. The Morgan fingerprint density at radius 2 is 2.23 bits per heavy atom. The first-order valence-corrected chi connectivity index (χ1v) is 4.78. The molecule has 3 heteroatoms. The van der Waals surface area contributed by atoms with E-state index in [1.165, 1.54) is 0 Å². The topological polar surface area (TPSA) is 41.6 Å². The highest BCUT2D eigenvalue weighted by Crippen LogP contribution is 1.97. The molecule has 0 unspecified atom stereocenters. The van der Waals surface area contributed by atoms with Crippen LogP contribution in [0.3, 0.4) is 0 Å². The fraction of sp³-hybridized carbons (Fsp3) is 0.700. The number of nitrogens with zero attached hydrogens (tertiary/aromatic N) is 2. The van der Waals surface area contributed by atoms with E-state index in [0.29, 0.717) is 6.54 Å². The summed E-state index contributed by atoms with van der Waals surface area (Å²) in [6, 6.07) is 0. The summed E-state index contributed by atoms with van der Waals surface area (Å²) in [5.41, 5.74) is 6.34. The van der Waals surface area contributed by atoms with Gasteiger partial charge in [-0.2, -0.15) is 0 Å². The molecule has 3 nitrogen and oxygen atoms in total. The van der Waals surface area contributed by atoms with Crippen LogP contribution >= 0.6 is 0 Å². The molecule has 0 aliphatic heterocycles. The first-order chi connectivity index (χ1) is 6.20. The maximum atomic E-state index is 5.29. The molecule has 0 saturated carbocycles. The standard InChI is InChI=1S/C10H21N3/c1-4-13(3)9-5-6-10(2)12-8-7-11/h6,8H,4-5,7,9,11H2,1-3H3/b10-6+,12-8?. The molecule has 76 valence electrons. The van der Waals surface area contributed by atoms with Crippen molar-refractivity contribution in [1.29, 1.82) is 0 Å². The summed E-state index contributed by atoms with van der Waals surface area (Å²) < 4.78 is 0. The Hall–Kier alpha value is -0.670. The number of aliphatic imine (C=N–C) groups is 1. The molecule has 0 rings (SSSR count). The van der Waals surface area contributed by atoms with E-state index in [4.69, 9.17) is 5.73 Å². The third-order valence-corrected chi connectivity index (χ3v) is 1.89. The van der Waals surface area contributed by atoms with E-state index < -0.39 is 0 Å². The predicted octanol–water partition coefficient (Wildman–Crippen LogP) is 1.26. The average molecular weight is 183 g/mol. The van der Waals surface area contributed by atoms with Crippen molar-refractivity contribution < 1.29 is 0 Å². The minimum Gasteiger partial charge on any atom is -0.326 e. The van der Waals surface area contributed by atoms with Crippen LogP contribution in [0.15, 0.2) is 16.8 Å². The Bertz CT molecular complexity index is 173. The van der Waals surface area contributed by atoms with Gasteiger partial charge in [0.05, 0.1) is 0 Å². The van der Waals surface area contributed by atoms with Gasteiger partial charge in [-0.25, -0.2) is 0 Å². The van der Waals surface area contributed by atoms with Crippen molar-refractivity contribution >= 4 is 6.21 Å². The molecule has 0 atom stereocenters. The second kappa shape index (κ2) is 7.95. The van der Waals surface area contributed by atoms with Crippen LogP contribution in [0.25, 0.3) is 0 Å². The van der Waals surface area contributed by atoms with E-state index >= 15 is 0 Å². The number of rotatable bonds is 6. The van der Waals surface area contributed by atoms with Crippen LogP contribution < -0.4 is 5.73 Å². The average Bonchev–Trinajstić information content (AvgIpc) is 2.14.